The molecule has 0 spiro atoms. The molecule has 102 valence electrons. The van der Waals surface area contributed by atoms with E-state index in [1.165, 1.54) is 18.3 Å². The standard InChI is InChI=1S/C14H12N2O4/c17-15-9-11-3-7-14(8-4-11)20-10-12-1-5-13(6-2-12)16(18)19/h1-9,17H,10H2. The molecule has 0 aliphatic heterocycles. The van der Waals surface area contributed by atoms with Crippen LogP contribution in [0.4, 0.5) is 5.69 Å². The van der Waals surface area contributed by atoms with Gasteiger partial charge in [-0.25, -0.2) is 0 Å². The summed E-state index contributed by atoms with van der Waals surface area (Å²) < 4.78 is 5.55. The van der Waals surface area contributed by atoms with Gasteiger partial charge in [0.2, 0.25) is 0 Å². The van der Waals surface area contributed by atoms with E-state index in [1.54, 1.807) is 36.4 Å². The van der Waals surface area contributed by atoms with Gasteiger partial charge in [-0.15, -0.1) is 0 Å². The Bertz CT molecular complexity index is 606. The normalized spacial score (nSPS) is 10.6. The number of ether oxygens (including phenoxy) is 1. The first kappa shape index (κ1) is 13.5. The number of rotatable bonds is 5. The molecule has 0 atom stereocenters. The first-order valence-corrected chi connectivity index (χ1v) is 5.82. The molecular formula is C14H12N2O4. The van der Waals surface area contributed by atoms with Crippen LogP contribution in [-0.2, 0) is 6.61 Å². The summed E-state index contributed by atoms with van der Waals surface area (Å²) in [5, 5.41) is 21.8. The summed E-state index contributed by atoms with van der Waals surface area (Å²) in [7, 11) is 0. The molecule has 6 nitrogen and oxygen atoms in total. The van der Waals surface area contributed by atoms with Crippen LogP contribution in [0.25, 0.3) is 0 Å². The van der Waals surface area contributed by atoms with Crippen molar-refractivity contribution in [3.05, 3.63) is 69.8 Å². The smallest absolute Gasteiger partial charge is 0.269 e. The summed E-state index contributed by atoms with van der Waals surface area (Å²) >= 11 is 0. The third-order valence-electron chi connectivity index (χ3n) is 2.64. The van der Waals surface area contributed by atoms with Crippen molar-refractivity contribution in [2.24, 2.45) is 5.16 Å². The van der Waals surface area contributed by atoms with Gasteiger partial charge in [0.15, 0.2) is 0 Å². The van der Waals surface area contributed by atoms with Gasteiger partial charge in [0, 0.05) is 12.1 Å². The van der Waals surface area contributed by atoms with Crippen LogP contribution in [0.5, 0.6) is 5.75 Å². The average Bonchev–Trinajstić information content (AvgIpc) is 2.47. The maximum absolute atomic E-state index is 10.5. The van der Waals surface area contributed by atoms with E-state index in [-0.39, 0.29) is 5.69 Å². The highest BCUT2D eigenvalue weighted by Crippen LogP contribution is 2.16. The van der Waals surface area contributed by atoms with E-state index in [1.807, 2.05) is 0 Å². The van der Waals surface area contributed by atoms with Crippen molar-refractivity contribution < 1.29 is 14.9 Å². The van der Waals surface area contributed by atoms with E-state index >= 15 is 0 Å². The first-order valence-electron chi connectivity index (χ1n) is 5.82. The molecule has 2 rings (SSSR count). The molecule has 0 unspecified atom stereocenters. The maximum Gasteiger partial charge on any atom is 0.269 e. The summed E-state index contributed by atoms with van der Waals surface area (Å²) in [5.41, 5.74) is 1.66. The lowest BCUT2D eigenvalue weighted by atomic mass is 10.2. The monoisotopic (exact) mass is 272 g/mol. The van der Waals surface area contributed by atoms with Crippen LogP contribution in [0, 0.1) is 10.1 Å². The molecule has 0 aliphatic rings. The molecule has 0 aliphatic carbocycles. The van der Waals surface area contributed by atoms with Gasteiger partial charge in [0.05, 0.1) is 11.1 Å². The van der Waals surface area contributed by atoms with Crippen LogP contribution in [-0.4, -0.2) is 16.3 Å². The average molecular weight is 272 g/mol. The summed E-state index contributed by atoms with van der Waals surface area (Å²) in [6.45, 7) is 0.325. The molecule has 0 radical (unpaired) electrons. The van der Waals surface area contributed by atoms with Crippen LogP contribution in [0.15, 0.2) is 53.7 Å². The number of nitro benzene ring substituents is 1. The lowest BCUT2D eigenvalue weighted by molar-refractivity contribution is -0.384. The summed E-state index contributed by atoms with van der Waals surface area (Å²) in [5.74, 6) is 0.665. The fourth-order valence-corrected chi connectivity index (χ4v) is 1.60. The van der Waals surface area contributed by atoms with E-state index in [4.69, 9.17) is 9.94 Å². The molecule has 20 heavy (non-hydrogen) atoms. The van der Waals surface area contributed by atoms with E-state index in [0.29, 0.717) is 12.4 Å². The van der Waals surface area contributed by atoms with Crippen molar-refractivity contribution in [3.8, 4) is 5.75 Å². The van der Waals surface area contributed by atoms with Crippen molar-refractivity contribution >= 4 is 11.9 Å². The second-order valence-corrected chi connectivity index (χ2v) is 4.03. The minimum absolute atomic E-state index is 0.0568. The third kappa shape index (κ3) is 3.55. The SMILES string of the molecule is O=[N+]([O-])c1ccc(COc2ccc(C=NO)cc2)cc1. The predicted molar refractivity (Wildman–Crippen MR) is 73.3 cm³/mol. The second kappa shape index (κ2) is 6.33. The van der Waals surface area contributed by atoms with E-state index in [2.05, 4.69) is 5.16 Å². The Morgan fingerprint density at radius 3 is 2.35 bits per heavy atom. The predicted octanol–water partition coefficient (Wildman–Crippen LogP) is 2.98. The number of hydrogen-bond donors (Lipinski definition) is 1. The number of nitro groups is 1. The lowest BCUT2D eigenvalue weighted by Crippen LogP contribution is -1.96. The largest absolute Gasteiger partial charge is 0.489 e. The van der Waals surface area contributed by atoms with Gasteiger partial charge in [-0.1, -0.05) is 5.16 Å². The van der Waals surface area contributed by atoms with E-state index < -0.39 is 4.92 Å². The zero-order chi connectivity index (χ0) is 14.4. The fourth-order valence-electron chi connectivity index (χ4n) is 1.60. The summed E-state index contributed by atoms with van der Waals surface area (Å²) in [4.78, 5) is 10.1. The molecule has 6 heteroatoms. The van der Waals surface area contributed by atoms with Crippen LogP contribution >= 0.6 is 0 Å². The molecule has 0 aromatic heterocycles. The molecule has 0 amide bonds. The Hall–Kier alpha value is -2.89. The maximum atomic E-state index is 10.5. The Morgan fingerprint density at radius 1 is 1.15 bits per heavy atom. The van der Waals surface area contributed by atoms with Gasteiger partial charge in [0.1, 0.15) is 12.4 Å². The second-order valence-electron chi connectivity index (χ2n) is 4.03. The molecule has 0 saturated carbocycles. The van der Waals surface area contributed by atoms with Crippen LogP contribution < -0.4 is 4.74 Å². The molecule has 0 bridgehead atoms. The van der Waals surface area contributed by atoms with Gasteiger partial charge in [-0.2, -0.15) is 0 Å². The molecule has 0 heterocycles. The quantitative estimate of drug-likeness (QED) is 0.392. The van der Waals surface area contributed by atoms with Gasteiger partial charge in [-0.3, -0.25) is 10.1 Å². The van der Waals surface area contributed by atoms with Crippen LogP contribution in [0.3, 0.4) is 0 Å². The Morgan fingerprint density at radius 2 is 1.80 bits per heavy atom. The molecule has 0 fully saturated rings. The molecule has 2 aromatic rings. The topological polar surface area (TPSA) is 85.0 Å². The summed E-state index contributed by atoms with van der Waals surface area (Å²) in [6.07, 6.45) is 1.32. The Labute approximate surface area is 115 Å². The van der Waals surface area contributed by atoms with Gasteiger partial charge >= 0.3 is 0 Å². The highest BCUT2D eigenvalue weighted by molar-refractivity contribution is 5.79. The van der Waals surface area contributed by atoms with Gasteiger partial charge in [0.25, 0.3) is 5.69 Å². The first-order chi connectivity index (χ1) is 9.69. The lowest BCUT2D eigenvalue weighted by Gasteiger charge is -2.06. The van der Waals surface area contributed by atoms with Crippen molar-refractivity contribution in [1.29, 1.82) is 0 Å². The van der Waals surface area contributed by atoms with Crippen LogP contribution in [0.2, 0.25) is 0 Å². The molecular weight excluding hydrogens is 260 g/mol. The molecule has 2 aromatic carbocycles. The number of oxime groups is 1. The number of nitrogens with zero attached hydrogens (tertiary/aromatic N) is 2. The van der Waals surface area contributed by atoms with Crippen molar-refractivity contribution in [3.63, 3.8) is 0 Å². The number of hydrogen-bond acceptors (Lipinski definition) is 5. The Kier molecular flexibility index (Phi) is 4.28. The molecule has 1 N–H and O–H groups in total. The minimum Gasteiger partial charge on any atom is -0.489 e. The van der Waals surface area contributed by atoms with Gasteiger partial charge in [-0.05, 0) is 47.5 Å². The zero-order valence-corrected chi connectivity index (χ0v) is 10.5. The fraction of sp³-hybridized carbons (Fsp3) is 0.0714. The number of benzene rings is 2. The van der Waals surface area contributed by atoms with E-state index in [9.17, 15) is 10.1 Å². The van der Waals surface area contributed by atoms with E-state index in [0.717, 1.165) is 11.1 Å². The van der Waals surface area contributed by atoms with Crippen LogP contribution in [0.1, 0.15) is 11.1 Å². The number of non-ortho nitro benzene ring substituents is 1. The van der Waals surface area contributed by atoms with Crippen molar-refractivity contribution in [2.45, 2.75) is 6.61 Å². The molecule has 0 saturated heterocycles. The van der Waals surface area contributed by atoms with Gasteiger partial charge < -0.3 is 9.94 Å². The summed E-state index contributed by atoms with van der Waals surface area (Å²) in [6, 6.07) is 13.2. The highest BCUT2D eigenvalue weighted by atomic mass is 16.6. The zero-order valence-electron chi connectivity index (χ0n) is 10.5. The Balaban J connectivity index is 1.96. The highest BCUT2D eigenvalue weighted by Gasteiger charge is 2.04. The minimum atomic E-state index is -0.438. The van der Waals surface area contributed by atoms with Crippen molar-refractivity contribution in [2.75, 3.05) is 0 Å². The third-order valence-corrected chi connectivity index (χ3v) is 2.64. The van der Waals surface area contributed by atoms with Crippen molar-refractivity contribution in [1.82, 2.24) is 0 Å².